The second-order valence-corrected chi connectivity index (χ2v) is 9.26. The molecule has 190 valence electrons. The number of rotatable bonds is 9. The van der Waals surface area contributed by atoms with Crippen molar-refractivity contribution in [2.24, 2.45) is 5.92 Å². The normalized spacial score (nSPS) is 29.4. The Kier molecular flexibility index (Phi) is 9.28. The zero-order valence-corrected chi connectivity index (χ0v) is 19.5. The number of alkyl halides is 3. The molecule has 0 bridgehead atoms. The molecule has 8 heteroatoms. The van der Waals surface area contributed by atoms with Crippen molar-refractivity contribution >= 4 is 0 Å². The summed E-state index contributed by atoms with van der Waals surface area (Å²) >= 11 is 0. The number of benzene rings is 1. The Hall–Kier alpha value is -1.61. The van der Waals surface area contributed by atoms with Gasteiger partial charge in [0.15, 0.2) is 12.6 Å². The SMILES string of the molecule is FC(F)(F)c1cccc(OC[C@@H](/C=C/[C@@H]2CCC[C@H]2OC2CCCCO2)OC2CCCCO2)c1. The van der Waals surface area contributed by atoms with E-state index in [2.05, 4.69) is 6.08 Å². The first-order valence-electron chi connectivity index (χ1n) is 12.5. The number of hydrogen-bond acceptors (Lipinski definition) is 5. The predicted molar refractivity (Wildman–Crippen MR) is 120 cm³/mol. The minimum absolute atomic E-state index is 0.0989. The summed E-state index contributed by atoms with van der Waals surface area (Å²) in [5.74, 6) is 0.412. The fourth-order valence-corrected chi connectivity index (χ4v) is 4.72. The van der Waals surface area contributed by atoms with E-state index in [1.54, 1.807) is 0 Å². The van der Waals surface area contributed by atoms with Crippen LogP contribution in [0.25, 0.3) is 0 Å². The van der Waals surface area contributed by atoms with Crippen molar-refractivity contribution in [2.75, 3.05) is 19.8 Å². The van der Waals surface area contributed by atoms with Crippen molar-refractivity contribution in [3.05, 3.63) is 42.0 Å². The fraction of sp³-hybridized carbons (Fsp3) is 0.692. The Bertz CT molecular complexity index is 772. The summed E-state index contributed by atoms with van der Waals surface area (Å²) < 4.78 is 68.7. The lowest BCUT2D eigenvalue weighted by Gasteiger charge is -2.28. The lowest BCUT2D eigenvalue weighted by atomic mass is 10.0. The zero-order valence-electron chi connectivity index (χ0n) is 19.5. The van der Waals surface area contributed by atoms with Crippen LogP contribution in [0.2, 0.25) is 0 Å². The second kappa shape index (κ2) is 12.4. The molecule has 4 rings (SSSR count). The monoisotopic (exact) mass is 484 g/mol. The van der Waals surface area contributed by atoms with E-state index < -0.39 is 17.8 Å². The van der Waals surface area contributed by atoms with Gasteiger partial charge in [-0.05, 0) is 69.6 Å². The molecule has 3 fully saturated rings. The van der Waals surface area contributed by atoms with Crippen molar-refractivity contribution in [3.63, 3.8) is 0 Å². The second-order valence-electron chi connectivity index (χ2n) is 9.26. The van der Waals surface area contributed by atoms with Gasteiger partial charge < -0.3 is 23.7 Å². The first-order chi connectivity index (χ1) is 16.5. The van der Waals surface area contributed by atoms with Gasteiger partial charge in [-0.2, -0.15) is 13.2 Å². The summed E-state index contributed by atoms with van der Waals surface area (Å²) in [6, 6.07) is 4.93. The lowest BCUT2D eigenvalue weighted by Crippen LogP contribution is -2.31. The molecular formula is C26H35F3O5. The van der Waals surface area contributed by atoms with Gasteiger partial charge in [0.1, 0.15) is 18.5 Å². The fourth-order valence-electron chi connectivity index (χ4n) is 4.72. The third kappa shape index (κ3) is 7.70. The van der Waals surface area contributed by atoms with Crippen LogP contribution in [0, 0.1) is 5.92 Å². The highest BCUT2D eigenvalue weighted by molar-refractivity contribution is 5.30. The van der Waals surface area contributed by atoms with Gasteiger partial charge in [-0.1, -0.05) is 24.6 Å². The Morgan fingerprint density at radius 3 is 2.41 bits per heavy atom. The Balaban J connectivity index is 1.38. The maximum Gasteiger partial charge on any atom is 0.416 e. The van der Waals surface area contributed by atoms with Gasteiger partial charge in [-0.15, -0.1) is 0 Å². The van der Waals surface area contributed by atoms with E-state index >= 15 is 0 Å². The molecule has 1 aromatic rings. The zero-order chi connectivity index (χ0) is 23.8. The summed E-state index contributed by atoms with van der Waals surface area (Å²) in [4.78, 5) is 0. The van der Waals surface area contributed by atoms with Crippen LogP contribution < -0.4 is 4.74 Å². The molecule has 0 spiro atoms. The van der Waals surface area contributed by atoms with E-state index in [-0.39, 0.29) is 37.0 Å². The molecule has 0 N–H and O–H groups in total. The first kappa shape index (κ1) is 25.5. The number of ether oxygens (including phenoxy) is 5. The highest BCUT2D eigenvalue weighted by atomic mass is 19.4. The maximum atomic E-state index is 13.0. The van der Waals surface area contributed by atoms with Crippen molar-refractivity contribution in [2.45, 2.75) is 88.8 Å². The molecule has 5 nitrogen and oxygen atoms in total. The van der Waals surface area contributed by atoms with E-state index in [4.69, 9.17) is 23.7 Å². The van der Waals surface area contributed by atoms with Crippen molar-refractivity contribution in [1.29, 1.82) is 0 Å². The van der Waals surface area contributed by atoms with Crippen LogP contribution in [0.3, 0.4) is 0 Å². The summed E-state index contributed by atoms with van der Waals surface area (Å²) in [5.41, 5.74) is -0.732. The average molecular weight is 485 g/mol. The molecule has 0 amide bonds. The van der Waals surface area contributed by atoms with Crippen LogP contribution in [-0.4, -0.2) is 44.6 Å². The maximum absolute atomic E-state index is 13.0. The first-order valence-corrected chi connectivity index (χ1v) is 12.5. The van der Waals surface area contributed by atoms with Crippen LogP contribution in [0.15, 0.2) is 36.4 Å². The standard InChI is InChI=1S/C26H35F3O5/c27-26(28,29)20-8-6-9-21(17-20)32-18-22(33-24-11-1-3-15-30-24)14-13-19-7-5-10-23(19)34-25-12-2-4-16-31-25/h6,8-9,13-14,17,19,22-25H,1-5,7,10-12,15-16,18H2/b14-13+/t19-,22+,23+,24?,25?/m0/s1. The molecule has 5 atom stereocenters. The predicted octanol–water partition coefficient (Wildman–Crippen LogP) is 6.26. The summed E-state index contributed by atoms with van der Waals surface area (Å²) in [5, 5.41) is 0. The third-order valence-corrected chi connectivity index (χ3v) is 6.58. The van der Waals surface area contributed by atoms with E-state index in [9.17, 15) is 13.2 Å². The molecule has 3 aliphatic rings. The Labute approximate surface area is 199 Å². The van der Waals surface area contributed by atoms with Gasteiger partial charge in [-0.3, -0.25) is 0 Å². The molecule has 2 saturated heterocycles. The summed E-state index contributed by atoms with van der Waals surface area (Å²) in [6.45, 7) is 1.50. The molecule has 2 aliphatic heterocycles. The summed E-state index contributed by atoms with van der Waals surface area (Å²) in [7, 11) is 0. The molecule has 0 radical (unpaired) electrons. The van der Waals surface area contributed by atoms with E-state index in [0.717, 1.165) is 76.5 Å². The van der Waals surface area contributed by atoms with E-state index in [0.29, 0.717) is 6.61 Å². The van der Waals surface area contributed by atoms with E-state index in [1.807, 2.05) is 6.08 Å². The third-order valence-electron chi connectivity index (χ3n) is 6.58. The highest BCUT2D eigenvalue weighted by Crippen LogP contribution is 2.33. The summed E-state index contributed by atoms with van der Waals surface area (Å²) in [6.07, 6.45) is 7.94. The van der Waals surface area contributed by atoms with Crippen LogP contribution in [0.5, 0.6) is 5.75 Å². The molecule has 0 aromatic heterocycles. The van der Waals surface area contributed by atoms with Gasteiger partial charge in [-0.25, -0.2) is 0 Å². The number of halogens is 3. The molecule has 1 saturated carbocycles. The Morgan fingerprint density at radius 2 is 1.71 bits per heavy atom. The molecule has 2 heterocycles. The quantitative estimate of drug-likeness (QED) is 0.387. The molecule has 2 unspecified atom stereocenters. The number of hydrogen-bond donors (Lipinski definition) is 0. The highest BCUT2D eigenvalue weighted by Gasteiger charge is 2.31. The van der Waals surface area contributed by atoms with Gasteiger partial charge >= 0.3 is 6.18 Å². The van der Waals surface area contributed by atoms with E-state index in [1.165, 1.54) is 12.1 Å². The van der Waals surface area contributed by atoms with Crippen LogP contribution in [-0.2, 0) is 25.1 Å². The smallest absolute Gasteiger partial charge is 0.416 e. The Morgan fingerprint density at radius 1 is 0.941 bits per heavy atom. The van der Waals surface area contributed by atoms with Gasteiger partial charge in [0.25, 0.3) is 0 Å². The van der Waals surface area contributed by atoms with Gasteiger partial charge in [0, 0.05) is 19.1 Å². The lowest BCUT2D eigenvalue weighted by molar-refractivity contribution is -0.191. The minimum Gasteiger partial charge on any atom is -0.491 e. The average Bonchev–Trinajstić information content (AvgIpc) is 3.28. The molecule has 1 aliphatic carbocycles. The molecule has 34 heavy (non-hydrogen) atoms. The van der Waals surface area contributed by atoms with Gasteiger partial charge in [0.2, 0.25) is 0 Å². The van der Waals surface area contributed by atoms with Crippen LogP contribution in [0.1, 0.15) is 63.4 Å². The van der Waals surface area contributed by atoms with Gasteiger partial charge in [0.05, 0.1) is 11.7 Å². The molecular weight excluding hydrogens is 449 g/mol. The molecule has 1 aromatic carbocycles. The minimum atomic E-state index is -4.41. The van der Waals surface area contributed by atoms with Crippen molar-refractivity contribution < 1.29 is 36.9 Å². The van der Waals surface area contributed by atoms with Crippen LogP contribution in [0.4, 0.5) is 13.2 Å². The largest absolute Gasteiger partial charge is 0.491 e. The topological polar surface area (TPSA) is 46.2 Å². The van der Waals surface area contributed by atoms with Crippen molar-refractivity contribution in [1.82, 2.24) is 0 Å². The van der Waals surface area contributed by atoms with Crippen molar-refractivity contribution in [3.8, 4) is 5.75 Å². The van der Waals surface area contributed by atoms with Crippen LogP contribution >= 0.6 is 0 Å².